The van der Waals surface area contributed by atoms with Gasteiger partial charge in [0.25, 0.3) is 5.91 Å². The molecule has 0 spiro atoms. The van der Waals surface area contributed by atoms with Crippen molar-refractivity contribution in [1.29, 1.82) is 0 Å². The highest BCUT2D eigenvalue weighted by Crippen LogP contribution is 2.11. The van der Waals surface area contributed by atoms with Crippen molar-refractivity contribution in [3.05, 3.63) is 59.4 Å². The van der Waals surface area contributed by atoms with Crippen LogP contribution in [-0.2, 0) is 0 Å². The molecule has 0 saturated heterocycles. The van der Waals surface area contributed by atoms with Gasteiger partial charge in [-0.25, -0.2) is 0 Å². The molecule has 1 aromatic carbocycles. The van der Waals surface area contributed by atoms with Crippen LogP contribution in [0.15, 0.2) is 42.7 Å². The summed E-state index contributed by atoms with van der Waals surface area (Å²) in [6.45, 7) is 3.96. The highest BCUT2D eigenvalue weighted by atomic mass is 16.1. The number of rotatable bonds is 2. The Morgan fingerprint density at radius 2 is 1.65 bits per heavy atom. The van der Waals surface area contributed by atoms with Crippen molar-refractivity contribution in [3.8, 4) is 0 Å². The molecule has 0 atom stereocenters. The Morgan fingerprint density at radius 3 is 2.24 bits per heavy atom. The second-order valence-corrected chi connectivity index (χ2v) is 4.07. The summed E-state index contributed by atoms with van der Waals surface area (Å²) in [4.78, 5) is 15.9. The summed E-state index contributed by atoms with van der Waals surface area (Å²) >= 11 is 0. The molecular weight excluding hydrogens is 212 g/mol. The van der Waals surface area contributed by atoms with Gasteiger partial charge in [-0.15, -0.1) is 0 Å². The highest BCUT2D eigenvalue weighted by molar-refractivity contribution is 6.04. The average Bonchev–Trinajstić information content (AvgIpc) is 2.29. The van der Waals surface area contributed by atoms with Crippen molar-refractivity contribution < 1.29 is 4.79 Å². The van der Waals surface area contributed by atoms with Gasteiger partial charge in [0.1, 0.15) is 0 Å². The summed E-state index contributed by atoms with van der Waals surface area (Å²) < 4.78 is 0. The number of aromatic nitrogens is 1. The van der Waals surface area contributed by atoms with Crippen LogP contribution in [0.3, 0.4) is 0 Å². The van der Waals surface area contributed by atoms with Crippen LogP contribution in [-0.4, -0.2) is 10.9 Å². The van der Waals surface area contributed by atoms with E-state index in [1.807, 2.05) is 32.0 Å². The van der Waals surface area contributed by atoms with Crippen LogP contribution in [0, 0.1) is 13.8 Å². The van der Waals surface area contributed by atoms with Gasteiger partial charge in [-0.2, -0.15) is 0 Å². The molecule has 0 fully saturated rings. The molecule has 0 radical (unpaired) electrons. The smallest absolute Gasteiger partial charge is 0.255 e. The van der Waals surface area contributed by atoms with E-state index in [0.717, 1.165) is 16.8 Å². The molecule has 1 heterocycles. The molecule has 0 aliphatic heterocycles. The first-order valence-corrected chi connectivity index (χ1v) is 5.45. The molecule has 3 heteroatoms. The number of anilines is 1. The lowest BCUT2D eigenvalue weighted by atomic mass is 10.1. The quantitative estimate of drug-likeness (QED) is 0.855. The number of carbonyl (C=O) groups is 1. The maximum absolute atomic E-state index is 12.0. The number of benzene rings is 1. The maximum atomic E-state index is 12.0. The minimum atomic E-state index is -0.0944. The van der Waals surface area contributed by atoms with E-state index in [1.165, 1.54) is 0 Å². The van der Waals surface area contributed by atoms with Crippen molar-refractivity contribution in [1.82, 2.24) is 4.98 Å². The van der Waals surface area contributed by atoms with Crippen molar-refractivity contribution in [2.45, 2.75) is 13.8 Å². The molecule has 0 aliphatic rings. The van der Waals surface area contributed by atoms with Gasteiger partial charge >= 0.3 is 0 Å². The summed E-state index contributed by atoms with van der Waals surface area (Å²) in [6.07, 6.45) is 3.30. The van der Waals surface area contributed by atoms with E-state index in [0.29, 0.717) is 5.56 Å². The second kappa shape index (κ2) is 4.78. The topological polar surface area (TPSA) is 42.0 Å². The molecular formula is C14H14N2O. The fraction of sp³-hybridized carbons (Fsp3) is 0.143. The van der Waals surface area contributed by atoms with Gasteiger partial charge in [-0.05, 0) is 38.1 Å². The van der Waals surface area contributed by atoms with Crippen LogP contribution >= 0.6 is 0 Å². The molecule has 2 rings (SSSR count). The first kappa shape index (κ1) is 11.3. The fourth-order valence-corrected chi connectivity index (χ4v) is 1.74. The Kier molecular flexibility index (Phi) is 3.19. The summed E-state index contributed by atoms with van der Waals surface area (Å²) in [5.41, 5.74) is 3.61. The monoisotopic (exact) mass is 226 g/mol. The third-order valence-corrected chi connectivity index (χ3v) is 2.42. The van der Waals surface area contributed by atoms with E-state index >= 15 is 0 Å². The number of nitrogens with zero attached hydrogens (tertiary/aromatic N) is 1. The lowest BCUT2D eigenvalue weighted by Crippen LogP contribution is -2.12. The zero-order valence-corrected chi connectivity index (χ0v) is 9.90. The second-order valence-electron chi connectivity index (χ2n) is 4.07. The predicted molar refractivity (Wildman–Crippen MR) is 68.1 cm³/mol. The summed E-state index contributed by atoms with van der Waals surface area (Å²) in [7, 11) is 0. The minimum Gasteiger partial charge on any atom is -0.322 e. The summed E-state index contributed by atoms with van der Waals surface area (Å²) in [6, 6.07) is 9.33. The molecule has 17 heavy (non-hydrogen) atoms. The molecule has 2 aromatic rings. The van der Waals surface area contributed by atoms with Crippen LogP contribution in [0.5, 0.6) is 0 Å². The van der Waals surface area contributed by atoms with Crippen molar-refractivity contribution in [2.24, 2.45) is 0 Å². The van der Waals surface area contributed by atoms with Crippen LogP contribution in [0.2, 0.25) is 0 Å². The van der Waals surface area contributed by atoms with Gasteiger partial charge in [0.05, 0.1) is 0 Å². The Morgan fingerprint density at radius 1 is 1.06 bits per heavy atom. The number of hydrogen-bond donors (Lipinski definition) is 1. The van der Waals surface area contributed by atoms with E-state index in [2.05, 4.69) is 10.3 Å². The minimum absolute atomic E-state index is 0.0944. The third kappa shape index (κ3) is 2.91. The Labute approximate surface area is 101 Å². The normalized spacial score (nSPS) is 10.0. The molecule has 0 aliphatic carbocycles. The number of nitrogens with one attached hydrogen (secondary N) is 1. The molecule has 86 valence electrons. The van der Waals surface area contributed by atoms with Crippen LogP contribution in [0.1, 0.15) is 21.5 Å². The van der Waals surface area contributed by atoms with Crippen molar-refractivity contribution in [2.75, 3.05) is 5.32 Å². The van der Waals surface area contributed by atoms with Crippen LogP contribution < -0.4 is 5.32 Å². The predicted octanol–water partition coefficient (Wildman–Crippen LogP) is 2.95. The number of amides is 1. The fourth-order valence-electron chi connectivity index (χ4n) is 1.74. The molecule has 0 saturated carbocycles. The lowest BCUT2D eigenvalue weighted by Gasteiger charge is -2.06. The Hall–Kier alpha value is -2.16. The SMILES string of the molecule is Cc1cc(C)cc(C(=O)Nc2ccncc2)c1. The standard InChI is InChI=1S/C14H14N2O/c1-10-7-11(2)9-12(8-10)14(17)16-13-3-5-15-6-4-13/h3-9H,1-2H3,(H,15,16,17). The third-order valence-electron chi connectivity index (χ3n) is 2.42. The molecule has 1 amide bonds. The Bertz CT molecular complexity index is 515. The van der Waals surface area contributed by atoms with Crippen molar-refractivity contribution >= 4 is 11.6 Å². The van der Waals surface area contributed by atoms with Crippen LogP contribution in [0.25, 0.3) is 0 Å². The number of pyridine rings is 1. The first-order chi connectivity index (χ1) is 8.15. The van der Waals surface area contributed by atoms with Gasteiger partial charge in [0, 0.05) is 23.6 Å². The van der Waals surface area contributed by atoms with Gasteiger partial charge in [0.2, 0.25) is 0 Å². The van der Waals surface area contributed by atoms with Gasteiger partial charge in [0.15, 0.2) is 0 Å². The number of aryl methyl sites for hydroxylation is 2. The molecule has 0 bridgehead atoms. The van der Waals surface area contributed by atoms with Gasteiger partial charge in [-0.1, -0.05) is 17.2 Å². The Balaban J connectivity index is 2.20. The van der Waals surface area contributed by atoms with Crippen molar-refractivity contribution in [3.63, 3.8) is 0 Å². The lowest BCUT2D eigenvalue weighted by molar-refractivity contribution is 0.102. The summed E-state index contributed by atoms with van der Waals surface area (Å²) in [5.74, 6) is -0.0944. The summed E-state index contributed by atoms with van der Waals surface area (Å²) in [5, 5.41) is 2.83. The zero-order chi connectivity index (χ0) is 12.3. The molecule has 1 aromatic heterocycles. The van der Waals surface area contributed by atoms with E-state index in [1.54, 1.807) is 24.5 Å². The van der Waals surface area contributed by atoms with E-state index < -0.39 is 0 Å². The van der Waals surface area contributed by atoms with Gasteiger partial charge in [-0.3, -0.25) is 9.78 Å². The largest absolute Gasteiger partial charge is 0.322 e. The number of carbonyl (C=O) groups excluding carboxylic acids is 1. The maximum Gasteiger partial charge on any atom is 0.255 e. The number of hydrogen-bond acceptors (Lipinski definition) is 2. The van der Waals surface area contributed by atoms with Gasteiger partial charge < -0.3 is 5.32 Å². The van der Waals surface area contributed by atoms with E-state index in [4.69, 9.17) is 0 Å². The first-order valence-electron chi connectivity index (χ1n) is 5.45. The molecule has 3 nitrogen and oxygen atoms in total. The molecule has 1 N–H and O–H groups in total. The average molecular weight is 226 g/mol. The highest BCUT2D eigenvalue weighted by Gasteiger charge is 2.06. The molecule has 0 unspecified atom stereocenters. The van der Waals surface area contributed by atoms with E-state index in [9.17, 15) is 4.79 Å². The zero-order valence-electron chi connectivity index (χ0n) is 9.90. The van der Waals surface area contributed by atoms with Crippen LogP contribution in [0.4, 0.5) is 5.69 Å². The van der Waals surface area contributed by atoms with E-state index in [-0.39, 0.29) is 5.91 Å².